The third kappa shape index (κ3) is 3.78. The van der Waals surface area contributed by atoms with Crippen LogP contribution in [0.4, 0.5) is 5.82 Å². The molecule has 1 aromatic heterocycles. The number of hydrogen-bond acceptors (Lipinski definition) is 3. The first-order valence-electron chi connectivity index (χ1n) is 5.44. The standard InChI is InChI=1S/C12H17N3OS/c1-7(2)10(11(13)17)12(16)15-9-6-8(3)4-5-14-9/h4-7,10H,1-3H3,(H2,13,17)(H,14,15,16). The van der Waals surface area contributed by atoms with Gasteiger partial charge in [0.2, 0.25) is 5.91 Å². The normalized spacial score (nSPS) is 12.2. The fourth-order valence-corrected chi connectivity index (χ4v) is 1.95. The van der Waals surface area contributed by atoms with Gasteiger partial charge in [0.15, 0.2) is 0 Å². The summed E-state index contributed by atoms with van der Waals surface area (Å²) in [5.41, 5.74) is 6.61. The molecule has 0 saturated carbocycles. The molecule has 5 heteroatoms. The number of pyridine rings is 1. The Kier molecular flexibility index (Phi) is 4.57. The van der Waals surface area contributed by atoms with Crippen LogP contribution in [0.15, 0.2) is 18.3 Å². The molecule has 0 saturated heterocycles. The highest BCUT2D eigenvalue weighted by Gasteiger charge is 2.25. The van der Waals surface area contributed by atoms with Gasteiger partial charge in [0, 0.05) is 6.20 Å². The van der Waals surface area contributed by atoms with Crippen molar-refractivity contribution in [3.05, 3.63) is 23.9 Å². The average molecular weight is 251 g/mol. The SMILES string of the molecule is Cc1ccnc(NC(=O)C(C(N)=S)C(C)C)c1. The van der Waals surface area contributed by atoms with Crippen LogP contribution in [-0.4, -0.2) is 15.9 Å². The lowest BCUT2D eigenvalue weighted by molar-refractivity contribution is -0.118. The Hall–Kier alpha value is -1.49. The van der Waals surface area contributed by atoms with Crippen molar-refractivity contribution in [3.8, 4) is 0 Å². The summed E-state index contributed by atoms with van der Waals surface area (Å²) >= 11 is 4.91. The molecule has 3 N–H and O–H groups in total. The Balaban J connectivity index is 2.81. The number of carbonyl (C=O) groups is 1. The molecule has 0 aliphatic rings. The van der Waals surface area contributed by atoms with Crippen LogP contribution in [-0.2, 0) is 4.79 Å². The highest BCUT2D eigenvalue weighted by molar-refractivity contribution is 7.80. The Morgan fingerprint density at radius 3 is 2.65 bits per heavy atom. The van der Waals surface area contributed by atoms with E-state index >= 15 is 0 Å². The summed E-state index contributed by atoms with van der Waals surface area (Å²) in [6.07, 6.45) is 1.65. The summed E-state index contributed by atoms with van der Waals surface area (Å²) in [6, 6.07) is 3.66. The lowest BCUT2D eigenvalue weighted by atomic mass is 9.95. The van der Waals surface area contributed by atoms with Crippen molar-refractivity contribution in [2.24, 2.45) is 17.6 Å². The minimum atomic E-state index is -0.465. The van der Waals surface area contributed by atoms with E-state index in [4.69, 9.17) is 18.0 Å². The van der Waals surface area contributed by atoms with E-state index in [1.165, 1.54) is 0 Å². The Morgan fingerprint density at radius 1 is 1.53 bits per heavy atom. The predicted octanol–water partition coefficient (Wildman–Crippen LogP) is 1.89. The molecular weight excluding hydrogens is 234 g/mol. The number of aryl methyl sites for hydroxylation is 1. The number of carbonyl (C=O) groups excluding carboxylic acids is 1. The number of hydrogen-bond donors (Lipinski definition) is 2. The molecule has 1 amide bonds. The summed E-state index contributed by atoms with van der Waals surface area (Å²) in [6.45, 7) is 5.75. The molecule has 0 aliphatic heterocycles. The van der Waals surface area contributed by atoms with Crippen molar-refractivity contribution in [2.45, 2.75) is 20.8 Å². The van der Waals surface area contributed by atoms with E-state index in [1.54, 1.807) is 12.3 Å². The summed E-state index contributed by atoms with van der Waals surface area (Å²) in [5, 5.41) is 2.73. The molecule has 0 bridgehead atoms. The minimum Gasteiger partial charge on any atom is -0.393 e. The van der Waals surface area contributed by atoms with Crippen LogP contribution in [0.5, 0.6) is 0 Å². The largest absolute Gasteiger partial charge is 0.393 e. The van der Waals surface area contributed by atoms with Gasteiger partial charge in [-0.2, -0.15) is 0 Å². The zero-order valence-corrected chi connectivity index (χ0v) is 11.0. The van der Waals surface area contributed by atoms with Crippen molar-refractivity contribution >= 4 is 28.9 Å². The quantitative estimate of drug-likeness (QED) is 0.802. The maximum Gasteiger partial charge on any atom is 0.235 e. The monoisotopic (exact) mass is 251 g/mol. The average Bonchev–Trinajstić information content (AvgIpc) is 2.15. The number of anilines is 1. The Bertz CT molecular complexity index is 432. The van der Waals surface area contributed by atoms with Crippen LogP contribution >= 0.6 is 12.2 Å². The lowest BCUT2D eigenvalue weighted by Gasteiger charge is -2.18. The van der Waals surface area contributed by atoms with Gasteiger partial charge in [-0.15, -0.1) is 0 Å². The zero-order chi connectivity index (χ0) is 13.0. The van der Waals surface area contributed by atoms with E-state index in [0.717, 1.165) is 5.56 Å². The molecule has 0 fully saturated rings. The molecule has 1 unspecified atom stereocenters. The third-order valence-electron chi connectivity index (χ3n) is 2.42. The summed E-state index contributed by atoms with van der Waals surface area (Å²) in [7, 11) is 0. The van der Waals surface area contributed by atoms with Gasteiger partial charge in [-0.25, -0.2) is 4.98 Å². The highest BCUT2D eigenvalue weighted by Crippen LogP contribution is 2.14. The van der Waals surface area contributed by atoms with Crippen molar-refractivity contribution in [1.29, 1.82) is 0 Å². The van der Waals surface area contributed by atoms with Crippen LogP contribution in [0.3, 0.4) is 0 Å². The molecule has 1 rings (SSSR count). The maximum absolute atomic E-state index is 12.0. The van der Waals surface area contributed by atoms with E-state index < -0.39 is 5.92 Å². The predicted molar refractivity (Wildman–Crippen MR) is 72.7 cm³/mol. The summed E-state index contributed by atoms with van der Waals surface area (Å²) < 4.78 is 0. The molecule has 92 valence electrons. The molecule has 1 heterocycles. The lowest BCUT2D eigenvalue weighted by Crippen LogP contribution is -2.36. The van der Waals surface area contributed by atoms with Crippen LogP contribution in [0.1, 0.15) is 19.4 Å². The third-order valence-corrected chi connectivity index (χ3v) is 2.68. The van der Waals surface area contributed by atoms with Crippen LogP contribution in [0, 0.1) is 18.8 Å². The number of aromatic nitrogens is 1. The second-order valence-corrected chi connectivity index (χ2v) is 4.80. The van der Waals surface area contributed by atoms with Gasteiger partial charge in [0.05, 0.1) is 10.9 Å². The van der Waals surface area contributed by atoms with Gasteiger partial charge in [0.1, 0.15) is 5.82 Å². The number of nitrogens with one attached hydrogen (secondary N) is 1. The second-order valence-electron chi connectivity index (χ2n) is 4.33. The van der Waals surface area contributed by atoms with Gasteiger partial charge in [0.25, 0.3) is 0 Å². The Labute approximate surface area is 107 Å². The highest BCUT2D eigenvalue weighted by atomic mass is 32.1. The van der Waals surface area contributed by atoms with Gasteiger partial charge >= 0.3 is 0 Å². The minimum absolute atomic E-state index is 0.0670. The fourth-order valence-electron chi connectivity index (χ4n) is 1.57. The van der Waals surface area contributed by atoms with Gasteiger partial charge in [-0.05, 0) is 30.5 Å². The number of nitrogens with zero attached hydrogens (tertiary/aromatic N) is 1. The van der Waals surface area contributed by atoms with E-state index in [2.05, 4.69) is 10.3 Å². The van der Waals surface area contributed by atoms with Crippen LogP contribution in [0.2, 0.25) is 0 Å². The summed E-state index contributed by atoms with van der Waals surface area (Å²) in [5.74, 6) is -0.0767. The van der Waals surface area contributed by atoms with Gasteiger partial charge in [-0.1, -0.05) is 26.1 Å². The fraction of sp³-hybridized carbons (Fsp3) is 0.417. The number of rotatable bonds is 4. The topological polar surface area (TPSA) is 68.0 Å². The van der Waals surface area contributed by atoms with Gasteiger partial charge in [-0.3, -0.25) is 4.79 Å². The number of thiocarbonyl (C=S) groups is 1. The van der Waals surface area contributed by atoms with E-state index in [9.17, 15) is 4.79 Å². The van der Waals surface area contributed by atoms with E-state index in [-0.39, 0.29) is 16.8 Å². The van der Waals surface area contributed by atoms with Crippen molar-refractivity contribution in [3.63, 3.8) is 0 Å². The van der Waals surface area contributed by atoms with E-state index in [0.29, 0.717) is 5.82 Å². The first-order valence-corrected chi connectivity index (χ1v) is 5.85. The number of amides is 1. The smallest absolute Gasteiger partial charge is 0.235 e. The first-order chi connectivity index (χ1) is 7.91. The summed E-state index contributed by atoms with van der Waals surface area (Å²) in [4.78, 5) is 16.3. The van der Waals surface area contributed by atoms with Crippen molar-refractivity contribution in [1.82, 2.24) is 4.98 Å². The second kappa shape index (κ2) is 5.72. The van der Waals surface area contributed by atoms with E-state index in [1.807, 2.05) is 26.8 Å². The maximum atomic E-state index is 12.0. The molecule has 1 atom stereocenters. The Morgan fingerprint density at radius 2 is 2.18 bits per heavy atom. The molecule has 0 aromatic carbocycles. The van der Waals surface area contributed by atoms with Crippen LogP contribution in [0.25, 0.3) is 0 Å². The molecule has 0 aliphatic carbocycles. The molecule has 17 heavy (non-hydrogen) atoms. The molecule has 0 spiro atoms. The number of nitrogens with two attached hydrogens (primary N) is 1. The van der Waals surface area contributed by atoms with Gasteiger partial charge < -0.3 is 11.1 Å². The first kappa shape index (κ1) is 13.6. The molecule has 1 aromatic rings. The molecule has 0 radical (unpaired) electrons. The van der Waals surface area contributed by atoms with Crippen LogP contribution < -0.4 is 11.1 Å². The zero-order valence-electron chi connectivity index (χ0n) is 10.2. The van der Waals surface area contributed by atoms with Crippen molar-refractivity contribution < 1.29 is 4.79 Å². The van der Waals surface area contributed by atoms with Crippen molar-refractivity contribution in [2.75, 3.05) is 5.32 Å². The molecular formula is C12H17N3OS. The molecule has 4 nitrogen and oxygen atoms in total.